The third-order valence-corrected chi connectivity index (χ3v) is 4.02. The lowest BCUT2D eigenvalue weighted by molar-refractivity contribution is 0.629. The Hall–Kier alpha value is -1.36. The fourth-order valence-electron chi connectivity index (χ4n) is 1.66. The monoisotopic (exact) mass is 312 g/mol. The average Bonchev–Trinajstić information content (AvgIpc) is 2.74. The van der Waals surface area contributed by atoms with Gasteiger partial charge in [0, 0.05) is 11.1 Å². The molecule has 0 saturated heterocycles. The molecule has 0 atom stereocenters. The highest BCUT2D eigenvalue weighted by Crippen LogP contribution is 2.32. The first kappa shape index (κ1) is 12.7. The Morgan fingerprint density at radius 2 is 1.95 bits per heavy atom. The zero-order chi connectivity index (χ0) is 13.4. The summed E-state index contributed by atoms with van der Waals surface area (Å²) >= 11 is 13.3. The van der Waals surface area contributed by atoms with Gasteiger partial charge < -0.3 is 5.32 Å². The number of anilines is 2. The maximum absolute atomic E-state index is 13.1. The zero-order valence-corrected chi connectivity index (χ0v) is 11.8. The molecule has 1 aromatic heterocycles. The Balaban J connectivity index is 1.96. The number of thiazole rings is 1. The number of nitrogens with one attached hydrogen (secondary N) is 1. The predicted octanol–water partition coefficient (Wildman–Crippen LogP) is 5.49. The molecule has 0 spiro atoms. The predicted molar refractivity (Wildman–Crippen MR) is 79.3 cm³/mol. The van der Waals surface area contributed by atoms with E-state index in [1.54, 1.807) is 24.3 Å². The van der Waals surface area contributed by atoms with Crippen LogP contribution in [0.25, 0.3) is 10.2 Å². The molecule has 19 heavy (non-hydrogen) atoms. The van der Waals surface area contributed by atoms with Crippen molar-refractivity contribution >= 4 is 55.6 Å². The molecule has 1 N–H and O–H groups in total. The van der Waals surface area contributed by atoms with Crippen molar-refractivity contribution in [1.29, 1.82) is 0 Å². The lowest BCUT2D eigenvalue weighted by Gasteiger charge is -2.04. The molecular weight excluding hydrogens is 306 g/mol. The standard InChI is InChI=1S/C13H7Cl2FN2S/c14-7-1-3-10(9(15)5-7)17-13-18-11-6-8(16)2-4-12(11)19-13/h1-6H,(H,17,18). The van der Waals surface area contributed by atoms with Gasteiger partial charge in [0.15, 0.2) is 5.13 Å². The van der Waals surface area contributed by atoms with E-state index >= 15 is 0 Å². The minimum Gasteiger partial charge on any atom is -0.330 e. The van der Waals surface area contributed by atoms with Crippen LogP contribution in [-0.2, 0) is 0 Å². The molecule has 0 unspecified atom stereocenters. The molecule has 3 aromatic rings. The van der Waals surface area contributed by atoms with Gasteiger partial charge in [-0.1, -0.05) is 34.5 Å². The maximum atomic E-state index is 13.1. The molecule has 0 aliphatic rings. The Morgan fingerprint density at radius 3 is 2.74 bits per heavy atom. The molecule has 2 aromatic carbocycles. The summed E-state index contributed by atoms with van der Waals surface area (Å²) in [5, 5.41) is 4.84. The fraction of sp³-hybridized carbons (Fsp3) is 0. The van der Waals surface area contributed by atoms with Gasteiger partial charge in [-0.2, -0.15) is 0 Å². The summed E-state index contributed by atoms with van der Waals surface area (Å²) in [6.45, 7) is 0. The highest BCUT2D eigenvalue weighted by atomic mass is 35.5. The van der Waals surface area contributed by atoms with Crippen molar-refractivity contribution < 1.29 is 4.39 Å². The zero-order valence-electron chi connectivity index (χ0n) is 9.45. The highest BCUT2D eigenvalue weighted by molar-refractivity contribution is 7.22. The second kappa shape index (κ2) is 4.96. The van der Waals surface area contributed by atoms with Gasteiger partial charge in [0.2, 0.25) is 0 Å². The van der Waals surface area contributed by atoms with E-state index < -0.39 is 0 Å². The summed E-state index contributed by atoms with van der Waals surface area (Å²) in [4.78, 5) is 4.31. The highest BCUT2D eigenvalue weighted by Gasteiger charge is 2.07. The molecule has 2 nitrogen and oxygen atoms in total. The van der Waals surface area contributed by atoms with Gasteiger partial charge in [0.1, 0.15) is 5.82 Å². The summed E-state index contributed by atoms with van der Waals surface area (Å²) in [7, 11) is 0. The normalized spacial score (nSPS) is 10.9. The van der Waals surface area contributed by atoms with E-state index in [2.05, 4.69) is 10.3 Å². The summed E-state index contributed by atoms with van der Waals surface area (Å²) in [6, 6.07) is 9.69. The molecule has 1 heterocycles. The number of fused-ring (bicyclic) bond motifs is 1. The maximum Gasteiger partial charge on any atom is 0.188 e. The van der Waals surface area contributed by atoms with Crippen molar-refractivity contribution in [2.75, 3.05) is 5.32 Å². The van der Waals surface area contributed by atoms with Gasteiger partial charge in [-0.3, -0.25) is 0 Å². The molecule has 0 saturated carbocycles. The van der Waals surface area contributed by atoms with E-state index in [1.165, 1.54) is 23.5 Å². The number of halogens is 3. The van der Waals surface area contributed by atoms with Gasteiger partial charge in [-0.25, -0.2) is 9.37 Å². The summed E-state index contributed by atoms with van der Waals surface area (Å²) in [6.07, 6.45) is 0. The second-order valence-electron chi connectivity index (χ2n) is 3.88. The minimum absolute atomic E-state index is 0.297. The molecule has 0 fully saturated rings. The third kappa shape index (κ3) is 2.66. The number of hydrogen-bond donors (Lipinski definition) is 1. The Kier molecular flexibility index (Phi) is 3.31. The fourth-order valence-corrected chi connectivity index (χ4v) is 2.97. The Morgan fingerprint density at radius 1 is 1.11 bits per heavy atom. The van der Waals surface area contributed by atoms with E-state index in [0.29, 0.717) is 26.4 Å². The van der Waals surface area contributed by atoms with Crippen LogP contribution in [0, 0.1) is 5.82 Å². The van der Waals surface area contributed by atoms with E-state index in [0.717, 1.165) is 4.70 Å². The molecule has 6 heteroatoms. The largest absolute Gasteiger partial charge is 0.330 e. The van der Waals surface area contributed by atoms with Crippen LogP contribution in [-0.4, -0.2) is 4.98 Å². The Labute approximate surface area is 122 Å². The van der Waals surface area contributed by atoms with Crippen molar-refractivity contribution in [2.45, 2.75) is 0 Å². The van der Waals surface area contributed by atoms with Gasteiger partial charge in [0.05, 0.1) is 20.9 Å². The van der Waals surface area contributed by atoms with Crippen LogP contribution in [0.15, 0.2) is 36.4 Å². The molecule has 0 radical (unpaired) electrons. The number of nitrogens with zero attached hydrogens (tertiary/aromatic N) is 1. The molecule has 0 aliphatic heterocycles. The van der Waals surface area contributed by atoms with Crippen LogP contribution in [0.5, 0.6) is 0 Å². The summed E-state index contributed by atoms with van der Waals surface area (Å²) in [5.41, 5.74) is 1.34. The van der Waals surface area contributed by atoms with Crippen LogP contribution < -0.4 is 5.32 Å². The SMILES string of the molecule is Fc1ccc2sc(Nc3ccc(Cl)cc3Cl)nc2c1. The Bertz CT molecular complexity index is 757. The number of rotatable bonds is 2. The average molecular weight is 313 g/mol. The first-order valence-electron chi connectivity index (χ1n) is 5.40. The topological polar surface area (TPSA) is 24.9 Å². The number of aromatic nitrogens is 1. The second-order valence-corrected chi connectivity index (χ2v) is 5.75. The lowest BCUT2D eigenvalue weighted by Crippen LogP contribution is -1.89. The summed E-state index contributed by atoms with van der Waals surface area (Å²) < 4.78 is 14.0. The van der Waals surface area contributed by atoms with Crippen LogP contribution in [0.4, 0.5) is 15.2 Å². The summed E-state index contributed by atoms with van der Waals surface area (Å²) in [5.74, 6) is -0.297. The number of benzene rings is 2. The number of hydrogen-bond acceptors (Lipinski definition) is 3. The minimum atomic E-state index is -0.297. The van der Waals surface area contributed by atoms with E-state index in [9.17, 15) is 4.39 Å². The molecule has 0 aliphatic carbocycles. The van der Waals surface area contributed by atoms with Crippen molar-refractivity contribution in [2.24, 2.45) is 0 Å². The van der Waals surface area contributed by atoms with Crippen LogP contribution in [0.1, 0.15) is 0 Å². The molecule has 96 valence electrons. The van der Waals surface area contributed by atoms with Crippen molar-refractivity contribution in [3.8, 4) is 0 Å². The van der Waals surface area contributed by atoms with Crippen molar-refractivity contribution in [1.82, 2.24) is 4.98 Å². The van der Waals surface area contributed by atoms with E-state index in [-0.39, 0.29) is 5.82 Å². The smallest absolute Gasteiger partial charge is 0.188 e. The van der Waals surface area contributed by atoms with Gasteiger partial charge in [0.25, 0.3) is 0 Å². The molecular formula is C13H7Cl2FN2S. The van der Waals surface area contributed by atoms with Gasteiger partial charge in [-0.15, -0.1) is 0 Å². The molecule has 3 rings (SSSR count). The van der Waals surface area contributed by atoms with Crippen molar-refractivity contribution in [3.05, 3.63) is 52.3 Å². The molecule has 0 amide bonds. The lowest BCUT2D eigenvalue weighted by atomic mass is 10.3. The van der Waals surface area contributed by atoms with Crippen LogP contribution in [0.3, 0.4) is 0 Å². The van der Waals surface area contributed by atoms with Crippen LogP contribution >= 0.6 is 34.5 Å². The molecule has 0 bridgehead atoms. The quantitative estimate of drug-likeness (QED) is 0.677. The van der Waals surface area contributed by atoms with E-state index in [4.69, 9.17) is 23.2 Å². The third-order valence-electron chi connectivity index (χ3n) is 2.52. The van der Waals surface area contributed by atoms with Gasteiger partial charge in [-0.05, 0) is 30.3 Å². The van der Waals surface area contributed by atoms with Gasteiger partial charge >= 0.3 is 0 Å². The van der Waals surface area contributed by atoms with Crippen LogP contribution in [0.2, 0.25) is 10.0 Å². The van der Waals surface area contributed by atoms with Crippen molar-refractivity contribution in [3.63, 3.8) is 0 Å². The first-order valence-corrected chi connectivity index (χ1v) is 6.97. The van der Waals surface area contributed by atoms with E-state index in [1.807, 2.05) is 0 Å². The first-order chi connectivity index (χ1) is 9.11.